The zero-order valence-corrected chi connectivity index (χ0v) is 14.0. The summed E-state index contributed by atoms with van der Waals surface area (Å²) < 4.78 is 15.7. The molecule has 0 bridgehead atoms. The zero-order chi connectivity index (χ0) is 16.9. The Labute approximate surface area is 141 Å². The molecule has 1 saturated heterocycles. The molecule has 2 aliphatic rings. The molecule has 0 aromatic heterocycles. The summed E-state index contributed by atoms with van der Waals surface area (Å²) in [5.41, 5.74) is 1.05. The van der Waals surface area contributed by atoms with Gasteiger partial charge in [-0.1, -0.05) is 6.07 Å². The van der Waals surface area contributed by atoms with Gasteiger partial charge in [-0.2, -0.15) is 0 Å². The van der Waals surface area contributed by atoms with Crippen LogP contribution in [0.5, 0.6) is 11.5 Å². The number of carbonyl (C=O) groups is 2. The lowest BCUT2D eigenvalue weighted by atomic mass is 9.97. The van der Waals surface area contributed by atoms with Crippen LogP contribution in [-0.2, 0) is 20.7 Å². The number of piperidine rings is 1. The summed E-state index contributed by atoms with van der Waals surface area (Å²) in [6.45, 7) is 3.62. The predicted molar refractivity (Wildman–Crippen MR) is 86.8 cm³/mol. The molecule has 130 valence electrons. The summed E-state index contributed by atoms with van der Waals surface area (Å²) in [6, 6.07) is 5.76. The van der Waals surface area contributed by atoms with Gasteiger partial charge in [0.25, 0.3) is 0 Å². The fourth-order valence-electron chi connectivity index (χ4n) is 3.16. The second-order valence-corrected chi connectivity index (χ2v) is 6.12. The Morgan fingerprint density at radius 2 is 2.12 bits per heavy atom. The summed E-state index contributed by atoms with van der Waals surface area (Å²) in [4.78, 5) is 26.1. The molecule has 1 aromatic rings. The number of rotatable bonds is 5. The van der Waals surface area contributed by atoms with Gasteiger partial charge in [-0.25, -0.2) is 0 Å². The van der Waals surface area contributed by atoms with Gasteiger partial charge < -0.3 is 19.1 Å². The van der Waals surface area contributed by atoms with Crippen molar-refractivity contribution in [1.82, 2.24) is 4.90 Å². The normalized spacial score (nSPS) is 19.2. The van der Waals surface area contributed by atoms with Gasteiger partial charge in [-0.05, 0) is 43.9 Å². The number of aryl methyl sites for hydroxylation is 1. The van der Waals surface area contributed by atoms with Crippen molar-refractivity contribution in [2.75, 3.05) is 26.5 Å². The Balaban J connectivity index is 1.52. The highest BCUT2D eigenvalue weighted by Crippen LogP contribution is 2.32. The number of ether oxygens (including phenoxy) is 3. The molecule has 2 heterocycles. The summed E-state index contributed by atoms with van der Waals surface area (Å²) in [7, 11) is 0. The van der Waals surface area contributed by atoms with Crippen molar-refractivity contribution in [2.24, 2.45) is 5.92 Å². The molecule has 0 saturated carbocycles. The Morgan fingerprint density at radius 1 is 1.29 bits per heavy atom. The molecule has 1 amide bonds. The van der Waals surface area contributed by atoms with Crippen molar-refractivity contribution in [1.29, 1.82) is 0 Å². The van der Waals surface area contributed by atoms with Crippen molar-refractivity contribution in [3.63, 3.8) is 0 Å². The number of carbonyl (C=O) groups excluding carboxylic acids is 2. The van der Waals surface area contributed by atoms with E-state index in [9.17, 15) is 9.59 Å². The van der Waals surface area contributed by atoms with Crippen molar-refractivity contribution >= 4 is 11.9 Å². The lowest BCUT2D eigenvalue weighted by Crippen LogP contribution is -2.42. The molecule has 2 aliphatic heterocycles. The number of hydrogen-bond donors (Lipinski definition) is 0. The molecular formula is C18H23NO5. The Bertz CT molecular complexity index is 615. The van der Waals surface area contributed by atoms with Gasteiger partial charge in [-0.15, -0.1) is 0 Å². The third kappa shape index (κ3) is 3.80. The monoisotopic (exact) mass is 333 g/mol. The summed E-state index contributed by atoms with van der Waals surface area (Å²) in [5.74, 6) is 1.19. The molecule has 24 heavy (non-hydrogen) atoms. The lowest BCUT2D eigenvalue weighted by Gasteiger charge is -2.31. The minimum atomic E-state index is -0.189. The molecule has 1 unspecified atom stereocenters. The van der Waals surface area contributed by atoms with E-state index in [1.807, 2.05) is 18.2 Å². The third-order valence-electron chi connectivity index (χ3n) is 4.46. The molecule has 1 aromatic carbocycles. The second-order valence-electron chi connectivity index (χ2n) is 6.12. The van der Waals surface area contributed by atoms with E-state index >= 15 is 0 Å². The average Bonchev–Trinajstić information content (AvgIpc) is 3.07. The molecule has 0 radical (unpaired) electrons. The highest BCUT2D eigenvalue weighted by molar-refractivity contribution is 5.78. The minimum absolute atomic E-state index is 0.0849. The van der Waals surface area contributed by atoms with E-state index in [0.29, 0.717) is 26.0 Å². The van der Waals surface area contributed by atoms with E-state index in [0.717, 1.165) is 36.4 Å². The first-order valence-electron chi connectivity index (χ1n) is 8.50. The number of nitrogens with zero attached hydrogens (tertiary/aromatic N) is 1. The van der Waals surface area contributed by atoms with E-state index < -0.39 is 0 Å². The third-order valence-corrected chi connectivity index (χ3v) is 4.46. The highest BCUT2D eigenvalue weighted by atomic mass is 16.7. The smallest absolute Gasteiger partial charge is 0.310 e. The Morgan fingerprint density at radius 3 is 2.96 bits per heavy atom. The maximum absolute atomic E-state index is 12.4. The Kier molecular flexibility index (Phi) is 5.23. The molecule has 0 aliphatic carbocycles. The molecule has 0 spiro atoms. The van der Waals surface area contributed by atoms with Crippen molar-refractivity contribution in [3.05, 3.63) is 23.8 Å². The van der Waals surface area contributed by atoms with Crippen LogP contribution in [0.4, 0.5) is 0 Å². The standard InChI is InChI=1S/C18H23NO5/c1-2-22-18(21)14-4-3-9-19(11-14)17(20)8-6-13-5-7-15-16(10-13)24-12-23-15/h5,7,10,14H,2-4,6,8-9,11-12H2,1H3. The number of likely N-dealkylation sites (tertiary alicyclic amines) is 1. The lowest BCUT2D eigenvalue weighted by molar-refractivity contribution is -0.151. The number of amides is 1. The molecule has 6 heteroatoms. The number of esters is 1. The first kappa shape index (κ1) is 16.6. The van der Waals surface area contributed by atoms with Gasteiger partial charge in [0.1, 0.15) is 0 Å². The molecule has 0 N–H and O–H groups in total. The number of hydrogen-bond acceptors (Lipinski definition) is 5. The van der Waals surface area contributed by atoms with Gasteiger partial charge >= 0.3 is 5.97 Å². The summed E-state index contributed by atoms with van der Waals surface area (Å²) >= 11 is 0. The maximum atomic E-state index is 12.4. The molecule has 3 rings (SSSR count). The molecule has 1 atom stereocenters. The van der Waals surface area contributed by atoms with Gasteiger partial charge in [0.05, 0.1) is 12.5 Å². The van der Waals surface area contributed by atoms with E-state index in [2.05, 4.69) is 0 Å². The number of fused-ring (bicyclic) bond motifs is 1. The average molecular weight is 333 g/mol. The van der Waals surface area contributed by atoms with E-state index in [1.165, 1.54) is 0 Å². The molecule has 1 fully saturated rings. The molecular weight excluding hydrogens is 310 g/mol. The topological polar surface area (TPSA) is 65.1 Å². The summed E-state index contributed by atoms with van der Waals surface area (Å²) in [5, 5.41) is 0. The van der Waals surface area contributed by atoms with E-state index in [1.54, 1.807) is 11.8 Å². The van der Waals surface area contributed by atoms with Crippen molar-refractivity contribution in [3.8, 4) is 11.5 Å². The van der Waals surface area contributed by atoms with Crippen molar-refractivity contribution in [2.45, 2.75) is 32.6 Å². The van der Waals surface area contributed by atoms with E-state index in [4.69, 9.17) is 14.2 Å². The highest BCUT2D eigenvalue weighted by Gasteiger charge is 2.29. The minimum Gasteiger partial charge on any atom is -0.466 e. The van der Waals surface area contributed by atoms with Crippen LogP contribution >= 0.6 is 0 Å². The van der Waals surface area contributed by atoms with Crippen LogP contribution in [0.2, 0.25) is 0 Å². The van der Waals surface area contributed by atoms with E-state index in [-0.39, 0.29) is 24.6 Å². The van der Waals surface area contributed by atoms with Crippen LogP contribution in [0.25, 0.3) is 0 Å². The van der Waals surface area contributed by atoms with Crippen LogP contribution in [0.15, 0.2) is 18.2 Å². The second kappa shape index (κ2) is 7.55. The maximum Gasteiger partial charge on any atom is 0.310 e. The first-order valence-corrected chi connectivity index (χ1v) is 8.50. The fraction of sp³-hybridized carbons (Fsp3) is 0.556. The fourth-order valence-corrected chi connectivity index (χ4v) is 3.16. The zero-order valence-electron chi connectivity index (χ0n) is 14.0. The predicted octanol–water partition coefficient (Wildman–Crippen LogP) is 2.15. The SMILES string of the molecule is CCOC(=O)C1CCCN(C(=O)CCc2ccc3c(c2)OCO3)C1. The Hall–Kier alpha value is -2.24. The van der Waals surface area contributed by atoms with Gasteiger partial charge in [0, 0.05) is 19.5 Å². The quantitative estimate of drug-likeness (QED) is 0.773. The molecule has 6 nitrogen and oxygen atoms in total. The first-order chi connectivity index (χ1) is 11.7. The number of benzene rings is 1. The van der Waals surface area contributed by atoms with Crippen molar-refractivity contribution < 1.29 is 23.8 Å². The van der Waals surface area contributed by atoms with Gasteiger partial charge in [-0.3, -0.25) is 9.59 Å². The van der Waals surface area contributed by atoms with Gasteiger partial charge in [0.2, 0.25) is 12.7 Å². The largest absolute Gasteiger partial charge is 0.466 e. The van der Waals surface area contributed by atoms with Crippen LogP contribution in [0.3, 0.4) is 0 Å². The van der Waals surface area contributed by atoms with Crippen LogP contribution in [0, 0.1) is 5.92 Å². The summed E-state index contributed by atoms with van der Waals surface area (Å²) in [6.07, 6.45) is 2.72. The van der Waals surface area contributed by atoms with Crippen LogP contribution < -0.4 is 9.47 Å². The van der Waals surface area contributed by atoms with Gasteiger partial charge in [0.15, 0.2) is 11.5 Å². The van der Waals surface area contributed by atoms with Crippen LogP contribution in [0.1, 0.15) is 31.7 Å². The van der Waals surface area contributed by atoms with Crippen LogP contribution in [-0.4, -0.2) is 43.3 Å².